The molecule has 0 N–H and O–H groups in total. The largest absolute Gasteiger partial charge is 0.384 e. The van der Waals surface area contributed by atoms with E-state index in [1.807, 2.05) is 0 Å². The van der Waals surface area contributed by atoms with Gasteiger partial charge in [-0.3, -0.25) is 4.79 Å². The summed E-state index contributed by atoms with van der Waals surface area (Å²) < 4.78 is 42.6. The van der Waals surface area contributed by atoms with Crippen LogP contribution in [0, 0.1) is 17.5 Å². The molecule has 15 heavy (non-hydrogen) atoms. The molecule has 0 heterocycles. The Balaban J connectivity index is 2.91. The van der Waals surface area contributed by atoms with E-state index in [9.17, 15) is 18.0 Å². The molecule has 2 nitrogen and oxygen atoms in total. The lowest BCUT2D eigenvalue weighted by Crippen LogP contribution is -2.05. The van der Waals surface area contributed by atoms with Gasteiger partial charge in [-0.15, -0.1) is 0 Å². The Kier molecular flexibility index (Phi) is 3.85. The summed E-state index contributed by atoms with van der Waals surface area (Å²) in [4.78, 5) is 11.3. The van der Waals surface area contributed by atoms with Gasteiger partial charge in [0, 0.05) is 19.1 Å². The van der Waals surface area contributed by atoms with E-state index in [4.69, 9.17) is 0 Å². The fourth-order valence-electron chi connectivity index (χ4n) is 1.06. The van der Waals surface area contributed by atoms with Crippen LogP contribution in [0.4, 0.5) is 13.2 Å². The second-order valence-electron chi connectivity index (χ2n) is 2.92. The van der Waals surface area contributed by atoms with E-state index in [1.54, 1.807) is 0 Å². The van der Waals surface area contributed by atoms with E-state index >= 15 is 0 Å². The monoisotopic (exact) mass is 218 g/mol. The molecule has 82 valence electrons. The molecule has 1 aromatic carbocycles. The van der Waals surface area contributed by atoms with Crippen molar-refractivity contribution in [3.05, 3.63) is 35.1 Å². The van der Waals surface area contributed by atoms with Crippen LogP contribution in [-0.4, -0.2) is 19.5 Å². The van der Waals surface area contributed by atoms with Gasteiger partial charge in [-0.2, -0.15) is 0 Å². The number of ketones is 1. The average Bonchev–Trinajstić information content (AvgIpc) is 2.21. The molecular weight excluding hydrogens is 209 g/mol. The van der Waals surface area contributed by atoms with Gasteiger partial charge >= 0.3 is 0 Å². The first-order valence-electron chi connectivity index (χ1n) is 4.23. The number of hydrogen-bond acceptors (Lipinski definition) is 2. The minimum atomic E-state index is -1.57. The molecule has 0 aliphatic heterocycles. The smallest absolute Gasteiger partial charge is 0.194 e. The van der Waals surface area contributed by atoms with E-state index in [0.29, 0.717) is 12.1 Å². The highest BCUT2D eigenvalue weighted by Crippen LogP contribution is 2.14. The van der Waals surface area contributed by atoms with Gasteiger partial charge in [-0.05, 0) is 12.1 Å². The summed E-state index contributed by atoms with van der Waals surface area (Å²) in [6.07, 6.45) is 0.00100. The Hall–Kier alpha value is -1.36. The zero-order valence-corrected chi connectivity index (χ0v) is 8.02. The second-order valence-corrected chi connectivity index (χ2v) is 2.92. The SMILES string of the molecule is COCCC(=O)c1cc(F)c(F)c(F)c1. The molecule has 0 amide bonds. The second kappa shape index (κ2) is 4.93. The van der Waals surface area contributed by atoms with Gasteiger partial charge in [0.15, 0.2) is 23.2 Å². The third kappa shape index (κ3) is 2.79. The fourth-order valence-corrected chi connectivity index (χ4v) is 1.06. The summed E-state index contributed by atoms with van der Waals surface area (Å²) >= 11 is 0. The number of benzene rings is 1. The maximum Gasteiger partial charge on any atom is 0.194 e. The number of halogens is 3. The number of rotatable bonds is 4. The van der Waals surface area contributed by atoms with Crippen LogP contribution < -0.4 is 0 Å². The van der Waals surface area contributed by atoms with Gasteiger partial charge in [0.2, 0.25) is 0 Å². The Labute approximate surface area is 84.7 Å². The lowest BCUT2D eigenvalue weighted by atomic mass is 10.1. The van der Waals surface area contributed by atoms with Crippen molar-refractivity contribution in [1.82, 2.24) is 0 Å². The molecule has 0 aliphatic carbocycles. The number of hydrogen-bond donors (Lipinski definition) is 0. The summed E-state index contributed by atoms with van der Waals surface area (Å²) in [5.74, 6) is -4.79. The van der Waals surface area contributed by atoms with Crippen molar-refractivity contribution in [3.8, 4) is 0 Å². The van der Waals surface area contributed by atoms with Crippen LogP contribution in [0.5, 0.6) is 0 Å². The highest BCUT2D eigenvalue weighted by Gasteiger charge is 2.14. The molecule has 0 aliphatic rings. The van der Waals surface area contributed by atoms with Gasteiger partial charge in [0.05, 0.1) is 6.61 Å². The first-order valence-corrected chi connectivity index (χ1v) is 4.23. The number of carbonyl (C=O) groups excluding carboxylic acids is 1. The standard InChI is InChI=1S/C10H9F3O2/c1-15-3-2-9(14)6-4-7(11)10(13)8(12)5-6/h4-5H,2-3H2,1H3. The maximum absolute atomic E-state index is 12.7. The topological polar surface area (TPSA) is 26.3 Å². The van der Waals surface area contributed by atoms with Crippen molar-refractivity contribution in [1.29, 1.82) is 0 Å². The summed E-state index contributed by atoms with van der Waals surface area (Å²) in [5, 5.41) is 0. The van der Waals surface area contributed by atoms with Crippen molar-refractivity contribution in [2.75, 3.05) is 13.7 Å². The molecule has 0 fully saturated rings. The molecule has 0 atom stereocenters. The van der Waals surface area contributed by atoms with Gasteiger partial charge in [0.25, 0.3) is 0 Å². The molecule has 0 spiro atoms. The zero-order valence-electron chi connectivity index (χ0n) is 8.02. The Morgan fingerprint density at radius 2 is 1.80 bits per heavy atom. The first kappa shape index (κ1) is 11.7. The van der Waals surface area contributed by atoms with E-state index in [1.165, 1.54) is 7.11 Å². The molecule has 1 rings (SSSR count). The van der Waals surface area contributed by atoms with Crippen LogP contribution in [0.15, 0.2) is 12.1 Å². The van der Waals surface area contributed by atoms with Crippen molar-refractivity contribution < 1.29 is 22.7 Å². The van der Waals surface area contributed by atoms with E-state index < -0.39 is 23.2 Å². The maximum atomic E-state index is 12.7. The third-order valence-electron chi connectivity index (χ3n) is 1.84. The van der Waals surface area contributed by atoms with Crippen LogP contribution >= 0.6 is 0 Å². The average molecular weight is 218 g/mol. The van der Waals surface area contributed by atoms with E-state index in [0.717, 1.165) is 0 Å². The van der Waals surface area contributed by atoms with Crippen molar-refractivity contribution in [2.24, 2.45) is 0 Å². The number of methoxy groups -OCH3 is 1. The first-order chi connectivity index (χ1) is 7.06. The lowest BCUT2D eigenvalue weighted by molar-refractivity contribution is 0.0931. The quantitative estimate of drug-likeness (QED) is 0.572. The highest BCUT2D eigenvalue weighted by molar-refractivity contribution is 5.96. The fraction of sp³-hybridized carbons (Fsp3) is 0.300. The number of ether oxygens (including phenoxy) is 1. The van der Waals surface area contributed by atoms with Crippen LogP contribution in [0.25, 0.3) is 0 Å². The van der Waals surface area contributed by atoms with E-state index in [2.05, 4.69) is 4.74 Å². The lowest BCUT2D eigenvalue weighted by Gasteiger charge is -2.02. The summed E-state index contributed by atoms with van der Waals surface area (Å²) in [6, 6.07) is 1.35. The molecular formula is C10H9F3O2. The molecule has 5 heteroatoms. The third-order valence-corrected chi connectivity index (χ3v) is 1.84. The Morgan fingerprint density at radius 1 is 1.27 bits per heavy atom. The van der Waals surface area contributed by atoms with Gasteiger partial charge in [-0.25, -0.2) is 13.2 Å². The summed E-state index contributed by atoms with van der Waals surface area (Å²) in [5.41, 5.74) is -0.191. The molecule has 0 bridgehead atoms. The van der Waals surface area contributed by atoms with Crippen LogP contribution in [0.1, 0.15) is 16.8 Å². The minimum Gasteiger partial charge on any atom is -0.384 e. The molecule has 0 saturated heterocycles. The number of Topliss-reactive ketones (excluding diaryl/α,β-unsaturated/α-hetero) is 1. The van der Waals surface area contributed by atoms with Gasteiger partial charge < -0.3 is 4.74 Å². The molecule has 0 aromatic heterocycles. The van der Waals surface area contributed by atoms with Crippen LogP contribution in [-0.2, 0) is 4.74 Å². The summed E-state index contributed by atoms with van der Waals surface area (Å²) in [7, 11) is 1.40. The molecule has 0 radical (unpaired) electrons. The molecule has 1 aromatic rings. The normalized spacial score (nSPS) is 10.4. The Bertz CT molecular complexity index is 354. The predicted molar refractivity (Wildman–Crippen MR) is 47.1 cm³/mol. The Morgan fingerprint density at radius 3 is 2.27 bits per heavy atom. The van der Waals surface area contributed by atoms with E-state index in [-0.39, 0.29) is 18.6 Å². The summed E-state index contributed by atoms with van der Waals surface area (Å²) in [6.45, 7) is 0.152. The number of carbonyl (C=O) groups is 1. The van der Waals surface area contributed by atoms with Crippen molar-refractivity contribution in [3.63, 3.8) is 0 Å². The van der Waals surface area contributed by atoms with Crippen molar-refractivity contribution >= 4 is 5.78 Å². The van der Waals surface area contributed by atoms with Gasteiger partial charge in [-0.1, -0.05) is 0 Å². The molecule has 0 saturated carbocycles. The minimum absolute atomic E-state index is 0.00100. The van der Waals surface area contributed by atoms with Crippen molar-refractivity contribution in [2.45, 2.75) is 6.42 Å². The van der Waals surface area contributed by atoms with Crippen LogP contribution in [0.2, 0.25) is 0 Å². The highest BCUT2D eigenvalue weighted by atomic mass is 19.2. The molecule has 0 unspecified atom stereocenters. The zero-order chi connectivity index (χ0) is 11.4. The predicted octanol–water partition coefficient (Wildman–Crippen LogP) is 2.32. The van der Waals surface area contributed by atoms with Crippen LogP contribution in [0.3, 0.4) is 0 Å². The van der Waals surface area contributed by atoms with Gasteiger partial charge in [0.1, 0.15) is 0 Å².